The number of aryl methyl sites for hydroxylation is 3. The van der Waals surface area contributed by atoms with E-state index in [0.717, 1.165) is 0 Å². The third-order valence-corrected chi connectivity index (χ3v) is 16.3. The fourth-order valence-electron chi connectivity index (χ4n) is 4.30. The summed E-state index contributed by atoms with van der Waals surface area (Å²) in [6.07, 6.45) is 0. The minimum atomic E-state index is -5.47. The van der Waals surface area contributed by atoms with Gasteiger partial charge in [0.2, 0.25) is 0 Å². The van der Waals surface area contributed by atoms with Crippen LogP contribution >= 0.6 is 0 Å². The molecule has 46 heavy (non-hydrogen) atoms. The molecule has 0 saturated heterocycles. The van der Waals surface area contributed by atoms with Crippen LogP contribution in [0.3, 0.4) is 0 Å². The summed E-state index contributed by atoms with van der Waals surface area (Å²) in [6.45, 7) is 15.9. The van der Waals surface area contributed by atoms with Crippen LogP contribution in [0.25, 0.3) is 0 Å². The van der Waals surface area contributed by atoms with Gasteiger partial charge in [0.05, 0.1) is 0 Å². The molecule has 0 saturated carbocycles. The zero-order valence-electron chi connectivity index (χ0n) is 27.1. The van der Waals surface area contributed by atoms with Gasteiger partial charge in [0.1, 0.15) is 0 Å². The maximum atomic E-state index is 13.1. The van der Waals surface area contributed by atoms with Crippen LogP contribution in [0, 0.1) is 20.8 Å². The van der Waals surface area contributed by atoms with Crippen LogP contribution in [0.1, 0.15) is 92.7 Å². The van der Waals surface area contributed by atoms with Crippen molar-refractivity contribution in [2.75, 3.05) is 0 Å². The maximum absolute atomic E-state index is 13.1. The van der Waals surface area contributed by atoms with Gasteiger partial charge in [-0.3, -0.25) is 0 Å². The van der Waals surface area contributed by atoms with Gasteiger partial charge < -0.3 is 0 Å². The predicted molar refractivity (Wildman–Crippen MR) is 173 cm³/mol. The van der Waals surface area contributed by atoms with Gasteiger partial charge in [0, 0.05) is 0 Å². The van der Waals surface area contributed by atoms with E-state index in [-0.39, 0.29) is 35.0 Å². The third-order valence-electron chi connectivity index (χ3n) is 6.54. The molecule has 0 spiro atoms. The van der Waals surface area contributed by atoms with Gasteiger partial charge in [0.15, 0.2) is 0 Å². The van der Waals surface area contributed by atoms with Gasteiger partial charge >= 0.3 is 281 Å². The quantitative estimate of drug-likeness (QED) is 0.160. The second kappa shape index (κ2) is 15.1. The summed E-state index contributed by atoms with van der Waals surface area (Å²) >= 11 is -5.47. The molecule has 0 N–H and O–H groups in total. The van der Waals surface area contributed by atoms with Crippen molar-refractivity contribution < 1.29 is 46.7 Å². The van der Waals surface area contributed by atoms with Crippen LogP contribution in [0.15, 0.2) is 54.6 Å². The first-order valence-corrected chi connectivity index (χ1v) is 21.3. The van der Waals surface area contributed by atoms with Gasteiger partial charge in [-0.25, -0.2) is 0 Å². The first-order chi connectivity index (χ1) is 21.2. The first kappa shape index (κ1) is 37.9. The van der Waals surface area contributed by atoms with Gasteiger partial charge in [-0.05, 0) is 0 Å². The summed E-state index contributed by atoms with van der Waals surface area (Å²) in [6, 6.07) is 14.6. The molecule has 0 atom stereocenters. The Kier molecular flexibility index (Phi) is 12.4. The van der Waals surface area contributed by atoms with Crippen molar-refractivity contribution in [3.8, 4) is 17.2 Å². The Hall–Kier alpha value is -2.57. The molecular formula is C30H39GaO12S3. The fraction of sp³-hybridized carbons (Fsp3) is 0.400. The molecule has 3 aromatic carbocycles. The van der Waals surface area contributed by atoms with Crippen LogP contribution in [-0.4, -0.2) is 42.6 Å². The van der Waals surface area contributed by atoms with E-state index in [9.17, 15) is 25.3 Å². The molecule has 0 aliphatic heterocycles. The molecule has 0 radical (unpaired) electrons. The van der Waals surface area contributed by atoms with E-state index < -0.39 is 48.5 Å². The Bertz CT molecular complexity index is 1650. The summed E-state index contributed by atoms with van der Waals surface area (Å²) in [4.78, 5) is 0. The van der Waals surface area contributed by atoms with Crippen molar-refractivity contribution in [1.82, 2.24) is 0 Å². The van der Waals surface area contributed by atoms with Crippen LogP contribution in [0.2, 0.25) is 0 Å². The second-order valence-corrected chi connectivity index (χ2v) is 20.0. The second-order valence-electron chi connectivity index (χ2n) is 11.6. The minimum absolute atomic E-state index is 0.1000. The van der Waals surface area contributed by atoms with Crippen LogP contribution < -0.4 is 12.5 Å². The molecule has 12 nitrogen and oxygen atoms in total. The molecule has 0 bridgehead atoms. The van der Waals surface area contributed by atoms with E-state index >= 15 is 0 Å². The Morgan fingerprint density at radius 2 is 0.696 bits per heavy atom. The zero-order valence-corrected chi connectivity index (χ0v) is 32.0. The van der Waals surface area contributed by atoms with Gasteiger partial charge in [-0.15, -0.1) is 0 Å². The molecule has 0 amide bonds. The molecule has 252 valence electrons. The molecule has 3 rings (SSSR count). The SMILES string of the molecule is Cc1ccc(C(C)C)c(OS(=O)(=O)[O][Ga]([O]S(=O)(=O)Oc2cc(C)ccc2C(C)C)[O]S(=O)(=O)Oc2cc(C)ccc2C(C)C)c1. The first-order valence-electron chi connectivity index (χ1n) is 14.4. The summed E-state index contributed by atoms with van der Waals surface area (Å²) in [5.74, 6) is -0.822. The Balaban J connectivity index is 2.00. The monoisotopic (exact) mass is 756 g/mol. The summed E-state index contributed by atoms with van der Waals surface area (Å²) < 4.78 is 109. The molecule has 16 heteroatoms. The van der Waals surface area contributed by atoms with Crippen molar-refractivity contribution in [1.29, 1.82) is 0 Å². The molecule has 3 aromatic rings. The standard InChI is InChI=1S/3C10H14O4S.Ga/c3*1-7(2)9-5-4-8(3)6-10(9)14-15(11,12)13;/h3*4-7H,1-3H3,(H,11,12,13);/q;;;+3/p-3. The fourth-order valence-corrected chi connectivity index (χ4v) is 12.7. The van der Waals surface area contributed by atoms with Crippen molar-refractivity contribution >= 4 is 48.5 Å². The third kappa shape index (κ3) is 11.0. The van der Waals surface area contributed by atoms with E-state index in [1.165, 1.54) is 18.2 Å². The molecule has 0 aromatic heterocycles. The molecule has 0 aliphatic carbocycles. The van der Waals surface area contributed by atoms with Crippen molar-refractivity contribution in [2.45, 2.75) is 80.1 Å². The van der Waals surface area contributed by atoms with Crippen LogP contribution in [-0.2, 0) is 40.1 Å². The predicted octanol–water partition coefficient (Wildman–Crippen LogP) is 6.29. The summed E-state index contributed by atoms with van der Waals surface area (Å²) in [7, 11) is -15.5. The van der Waals surface area contributed by atoms with Crippen molar-refractivity contribution in [3.05, 3.63) is 88.0 Å². The van der Waals surface area contributed by atoms with Crippen molar-refractivity contribution in [2.24, 2.45) is 0 Å². The Morgan fingerprint density at radius 3 is 0.913 bits per heavy atom. The molecule has 0 aliphatic rings. The molecule has 0 fully saturated rings. The average Bonchev–Trinajstić information content (AvgIpc) is 2.86. The molecule has 0 heterocycles. The zero-order chi connectivity index (χ0) is 34.6. The van der Waals surface area contributed by atoms with E-state index in [1.54, 1.807) is 98.7 Å². The average molecular weight is 758 g/mol. The summed E-state index contributed by atoms with van der Waals surface area (Å²) in [5.41, 5.74) is 3.46. The normalized spacial score (nSPS) is 12.5. The van der Waals surface area contributed by atoms with Gasteiger partial charge in [-0.2, -0.15) is 0 Å². The number of hydrogen-bond acceptors (Lipinski definition) is 12. The van der Waals surface area contributed by atoms with Crippen molar-refractivity contribution in [3.63, 3.8) is 0 Å². The molecule has 0 unspecified atom stereocenters. The topological polar surface area (TPSA) is 158 Å². The number of rotatable bonds is 15. The van der Waals surface area contributed by atoms with Crippen LogP contribution in [0.4, 0.5) is 0 Å². The van der Waals surface area contributed by atoms with E-state index in [0.29, 0.717) is 33.4 Å². The Morgan fingerprint density at radius 1 is 0.457 bits per heavy atom. The van der Waals surface area contributed by atoms with Gasteiger partial charge in [-0.1, -0.05) is 0 Å². The van der Waals surface area contributed by atoms with Gasteiger partial charge in [0.25, 0.3) is 0 Å². The number of hydrogen-bond donors (Lipinski definition) is 0. The van der Waals surface area contributed by atoms with E-state index in [4.69, 9.17) is 21.5 Å². The molecular weight excluding hydrogens is 718 g/mol. The summed E-state index contributed by atoms with van der Waals surface area (Å²) in [5, 5.41) is 0. The Labute approximate surface area is 279 Å². The van der Waals surface area contributed by atoms with Crippen LogP contribution in [0.5, 0.6) is 17.2 Å². The van der Waals surface area contributed by atoms with E-state index in [1.807, 2.05) is 0 Å². The van der Waals surface area contributed by atoms with E-state index in [2.05, 4.69) is 0 Å². The number of benzene rings is 3.